The van der Waals surface area contributed by atoms with E-state index in [4.69, 9.17) is 15.2 Å². The first-order valence-electron chi connectivity index (χ1n) is 8.92. The van der Waals surface area contributed by atoms with Crippen LogP contribution in [-0.2, 0) is 20.9 Å². The maximum absolute atomic E-state index is 13.3. The lowest BCUT2D eigenvalue weighted by atomic mass is 9.98. The van der Waals surface area contributed by atoms with E-state index in [0.717, 1.165) is 15.5 Å². The number of amides is 1. The van der Waals surface area contributed by atoms with Gasteiger partial charge in [-0.3, -0.25) is 9.59 Å². The summed E-state index contributed by atoms with van der Waals surface area (Å²) in [5.74, 6) is 0.240. The number of nitrogens with zero attached hydrogens (tertiary/aromatic N) is 3. The molecule has 0 aliphatic carbocycles. The topological polar surface area (TPSA) is 108 Å². The molecule has 2 saturated heterocycles. The van der Waals surface area contributed by atoms with E-state index in [9.17, 15) is 9.59 Å². The van der Waals surface area contributed by atoms with E-state index in [1.54, 1.807) is 18.2 Å². The van der Waals surface area contributed by atoms with E-state index in [0.29, 0.717) is 0 Å². The van der Waals surface area contributed by atoms with Crippen molar-refractivity contribution < 1.29 is 19.1 Å². The molecule has 4 atom stereocenters. The zero-order chi connectivity index (χ0) is 20.6. The van der Waals surface area contributed by atoms with Crippen LogP contribution >= 0.6 is 35.1 Å². The van der Waals surface area contributed by atoms with Crippen molar-refractivity contribution >= 4 is 46.9 Å². The third-order valence-electron chi connectivity index (χ3n) is 5.09. The number of nitrogens with two attached hydrogens (primary N) is 1. The smallest absolute Gasteiger partial charge is 0.325 e. The quantitative estimate of drug-likeness (QED) is 0.518. The van der Waals surface area contributed by atoms with Gasteiger partial charge in [0.25, 0.3) is 0 Å². The SMILES string of the molecule is COc1ccc(COC(=O)C2(Sc3cnns3)CN3C(=O)C(N)[C@H]3SC2C)cc1. The molecule has 11 heteroatoms. The Morgan fingerprint density at radius 1 is 1.41 bits per heavy atom. The van der Waals surface area contributed by atoms with Crippen LogP contribution in [0.1, 0.15) is 12.5 Å². The molecule has 3 heterocycles. The third kappa shape index (κ3) is 3.72. The monoisotopic (exact) mass is 452 g/mol. The first kappa shape index (κ1) is 20.5. The van der Waals surface area contributed by atoms with Gasteiger partial charge in [-0.1, -0.05) is 35.3 Å². The maximum atomic E-state index is 13.3. The molecule has 154 valence electrons. The van der Waals surface area contributed by atoms with Crippen molar-refractivity contribution in [2.45, 2.75) is 39.2 Å². The molecule has 8 nitrogen and oxygen atoms in total. The van der Waals surface area contributed by atoms with Gasteiger partial charge in [-0.15, -0.1) is 16.9 Å². The van der Waals surface area contributed by atoms with Crippen molar-refractivity contribution in [3.8, 4) is 5.75 Å². The van der Waals surface area contributed by atoms with Crippen LogP contribution in [0, 0.1) is 0 Å². The second-order valence-corrected chi connectivity index (χ2v) is 10.7. The van der Waals surface area contributed by atoms with Gasteiger partial charge >= 0.3 is 5.97 Å². The second kappa shape index (κ2) is 8.13. The number of β-lactam (4-membered cyclic amide) rings is 1. The van der Waals surface area contributed by atoms with Crippen molar-refractivity contribution in [1.29, 1.82) is 0 Å². The molecule has 2 aliphatic rings. The first-order chi connectivity index (χ1) is 13.9. The molecule has 0 saturated carbocycles. The zero-order valence-electron chi connectivity index (χ0n) is 15.8. The molecule has 2 N–H and O–H groups in total. The van der Waals surface area contributed by atoms with Gasteiger partial charge in [0.05, 0.1) is 13.3 Å². The summed E-state index contributed by atoms with van der Waals surface area (Å²) < 4.78 is 14.6. The lowest BCUT2D eigenvalue weighted by molar-refractivity contribution is -0.153. The summed E-state index contributed by atoms with van der Waals surface area (Å²) in [5.41, 5.74) is 6.79. The average Bonchev–Trinajstić information content (AvgIpc) is 3.26. The molecule has 1 aromatic carbocycles. The molecule has 2 fully saturated rings. The molecule has 3 unspecified atom stereocenters. The predicted molar refractivity (Wildman–Crippen MR) is 112 cm³/mol. The Labute approximate surface area is 180 Å². The number of carbonyl (C=O) groups is 2. The standard InChI is InChI=1S/C18H20N4O4S3/c1-10-18(28-13-7-20-21-29-13,9-22-15(23)14(19)16(22)27-10)17(24)26-8-11-3-5-12(25-2)6-4-11/h3-7,10,14,16H,8-9,19H2,1-2H3/t10?,14?,16-,18?/m1/s1. The molecule has 29 heavy (non-hydrogen) atoms. The zero-order valence-corrected chi connectivity index (χ0v) is 18.3. The molecule has 0 bridgehead atoms. The second-order valence-electron chi connectivity index (χ2n) is 6.81. The van der Waals surface area contributed by atoms with E-state index < -0.39 is 10.8 Å². The van der Waals surface area contributed by atoms with Crippen LogP contribution in [0.2, 0.25) is 0 Å². The third-order valence-corrected chi connectivity index (χ3v) is 9.13. The van der Waals surface area contributed by atoms with E-state index in [-0.39, 0.29) is 35.7 Å². The summed E-state index contributed by atoms with van der Waals surface area (Å²) in [7, 11) is 1.60. The molecule has 1 aromatic heterocycles. The Kier molecular flexibility index (Phi) is 5.74. The van der Waals surface area contributed by atoms with Gasteiger partial charge in [-0.05, 0) is 29.2 Å². The molecule has 2 aliphatic heterocycles. The van der Waals surface area contributed by atoms with E-state index in [2.05, 4.69) is 9.59 Å². The van der Waals surface area contributed by atoms with Crippen molar-refractivity contribution in [1.82, 2.24) is 14.5 Å². The van der Waals surface area contributed by atoms with E-state index in [1.807, 2.05) is 31.2 Å². The lowest BCUT2D eigenvalue weighted by Gasteiger charge is -2.55. The highest BCUT2D eigenvalue weighted by Gasteiger charge is 2.60. The molecule has 4 rings (SSSR count). The van der Waals surface area contributed by atoms with Gasteiger partial charge in [0, 0.05) is 11.8 Å². The van der Waals surface area contributed by atoms with Crippen LogP contribution in [0.15, 0.2) is 34.7 Å². The molecule has 1 amide bonds. The van der Waals surface area contributed by atoms with Crippen LogP contribution in [0.5, 0.6) is 5.75 Å². The number of esters is 1. The van der Waals surface area contributed by atoms with Gasteiger partial charge in [0.1, 0.15) is 32.7 Å². The van der Waals surface area contributed by atoms with Crippen molar-refractivity contribution in [2.24, 2.45) is 5.73 Å². The van der Waals surface area contributed by atoms with Crippen LogP contribution in [0.4, 0.5) is 0 Å². The number of methoxy groups -OCH3 is 1. The normalized spacial score (nSPS) is 28.4. The average molecular weight is 453 g/mol. The first-order valence-corrected chi connectivity index (χ1v) is 11.5. The van der Waals surface area contributed by atoms with Crippen molar-refractivity contribution in [2.75, 3.05) is 13.7 Å². The minimum atomic E-state index is -0.961. The van der Waals surface area contributed by atoms with Gasteiger partial charge in [0.15, 0.2) is 0 Å². The number of ether oxygens (including phenoxy) is 2. The Bertz CT molecular complexity index is 895. The molecular weight excluding hydrogens is 432 g/mol. The number of aromatic nitrogens is 2. The fourth-order valence-electron chi connectivity index (χ4n) is 3.34. The minimum Gasteiger partial charge on any atom is -0.497 e. The summed E-state index contributed by atoms with van der Waals surface area (Å²) in [5, 5.41) is 3.65. The number of carbonyl (C=O) groups excluding carboxylic acids is 2. The van der Waals surface area contributed by atoms with Crippen molar-refractivity contribution in [3.63, 3.8) is 0 Å². The fraction of sp³-hybridized carbons (Fsp3) is 0.444. The fourth-order valence-corrected chi connectivity index (χ4v) is 7.01. The summed E-state index contributed by atoms with van der Waals surface area (Å²) in [6.07, 6.45) is 1.63. The Balaban J connectivity index is 1.54. The number of hydrogen-bond donors (Lipinski definition) is 1. The predicted octanol–water partition coefficient (Wildman–Crippen LogP) is 1.75. The van der Waals surface area contributed by atoms with Crippen LogP contribution in [-0.4, -0.2) is 61.4 Å². The highest BCUT2D eigenvalue weighted by atomic mass is 32.2. The highest BCUT2D eigenvalue weighted by molar-refractivity contribution is 8.06. The number of hydrogen-bond acceptors (Lipinski definition) is 10. The van der Waals surface area contributed by atoms with Crippen molar-refractivity contribution in [3.05, 3.63) is 36.0 Å². The van der Waals surface area contributed by atoms with Gasteiger partial charge in [-0.25, -0.2) is 0 Å². The van der Waals surface area contributed by atoms with Crippen LogP contribution in [0.25, 0.3) is 0 Å². The summed E-state index contributed by atoms with van der Waals surface area (Å²) in [4.78, 5) is 27.3. The van der Waals surface area contributed by atoms with E-state index >= 15 is 0 Å². The van der Waals surface area contributed by atoms with Crippen LogP contribution < -0.4 is 10.5 Å². The van der Waals surface area contributed by atoms with E-state index in [1.165, 1.54) is 35.1 Å². The summed E-state index contributed by atoms with van der Waals surface area (Å²) >= 11 is 4.12. The molecule has 2 aromatic rings. The summed E-state index contributed by atoms with van der Waals surface area (Å²) in [6.45, 7) is 2.37. The van der Waals surface area contributed by atoms with Crippen LogP contribution in [0.3, 0.4) is 0 Å². The van der Waals surface area contributed by atoms with Gasteiger partial charge in [-0.2, -0.15) is 0 Å². The lowest BCUT2D eigenvalue weighted by Crippen LogP contribution is -2.74. The molecular formula is C18H20N4O4S3. The largest absolute Gasteiger partial charge is 0.497 e. The number of rotatable bonds is 6. The molecule has 0 radical (unpaired) electrons. The number of thioether (sulfide) groups is 2. The number of fused-ring (bicyclic) bond motifs is 1. The Morgan fingerprint density at radius 2 is 2.17 bits per heavy atom. The number of benzene rings is 1. The van der Waals surface area contributed by atoms with Gasteiger partial charge < -0.3 is 20.1 Å². The minimum absolute atomic E-state index is 0.0970. The van der Waals surface area contributed by atoms with Gasteiger partial charge in [0.2, 0.25) is 5.91 Å². The molecule has 0 spiro atoms. The Morgan fingerprint density at radius 3 is 2.83 bits per heavy atom. The highest BCUT2D eigenvalue weighted by Crippen LogP contribution is 2.51. The summed E-state index contributed by atoms with van der Waals surface area (Å²) in [6, 6.07) is 6.84. The Hall–Kier alpha value is -1.82. The maximum Gasteiger partial charge on any atom is 0.325 e.